The average Bonchev–Trinajstić information content (AvgIpc) is 3.08. The molecule has 0 saturated heterocycles. The Morgan fingerprint density at radius 3 is 2.02 bits per heavy atom. The van der Waals surface area contributed by atoms with Crippen molar-refractivity contribution in [2.75, 3.05) is 13.7 Å². The zero-order valence-corrected chi connectivity index (χ0v) is 30.2. The number of halogens is 1. The maximum Gasteiger partial charge on any atom is 0.417 e. The van der Waals surface area contributed by atoms with Crippen molar-refractivity contribution in [3.8, 4) is 11.5 Å². The van der Waals surface area contributed by atoms with E-state index in [1.807, 2.05) is 60.3 Å². The number of carbonyl (C=O) groups is 2. The number of aromatic nitrogens is 1. The molecule has 0 aliphatic heterocycles. The topological polar surface area (TPSA) is 69.0 Å². The highest BCUT2D eigenvalue weighted by Crippen LogP contribution is 2.29. The highest BCUT2D eigenvalue weighted by Gasteiger charge is 2.25. The van der Waals surface area contributed by atoms with Gasteiger partial charge in [0.15, 0.2) is 23.9 Å². The lowest BCUT2D eigenvalue weighted by Crippen LogP contribution is -3.00. The summed E-state index contributed by atoms with van der Waals surface area (Å²) in [4.78, 5) is 27.8. The Labute approximate surface area is 293 Å². The largest absolute Gasteiger partial charge is 1.00 e. The van der Waals surface area contributed by atoms with Crippen LogP contribution in [0.25, 0.3) is 0 Å². The van der Waals surface area contributed by atoms with Crippen molar-refractivity contribution in [2.24, 2.45) is 0 Å². The Hall–Kier alpha value is -3.14. The summed E-state index contributed by atoms with van der Waals surface area (Å²) in [6.07, 6.45) is 18.8. The molecule has 0 unspecified atom stereocenters. The first-order chi connectivity index (χ1) is 22.0. The van der Waals surface area contributed by atoms with Crippen LogP contribution in [-0.4, -0.2) is 30.6 Å². The third-order valence-electron chi connectivity index (χ3n) is 7.96. The number of methoxy groups -OCH3 is 1. The van der Waals surface area contributed by atoms with Crippen LogP contribution in [0, 0.1) is 0 Å². The van der Waals surface area contributed by atoms with Crippen LogP contribution in [0.15, 0.2) is 73.1 Å². The summed E-state index contributed by atoms with van der Waals surface area (Å²) in [6, 6.07) is 18.1. The van der Waals surface area contributed by atoms with Crippen molar-refractivity contribution in [2.45, 2.75) is 111 Å². The third kappa shape index (κ3) is 14.1. The molecule has 2 amide bonds. The Morgan fingerprint density at radius 1 is 0.739 bits per heavy atom. The van der Waals surface area contributed by atoms with Crippen LogP contribution in [0.3, 0.4) is 0 Å². The maximum atomic E-state index is 13.3. The number of hydrogen-bond donors (Lipinski definition) is 0. The molecule has 7 nitrogen and oxygen atoms in total. The zero-order valence-electron chi connectivity index (χ0n) is 28.1. The molecule has 3 rings (SSSR count). The highest BCUT2D eigenvalue weighted by molar-refractivity contribution is 6.02. The Kier molecular flexibility index (Phi) is 19.7. The fourth-order valence-corrected chi connectivity index (χ4v) is 5.27. The molecular formula is C38H53IN2O5. The van der Waals surface area contributed by atoms with Gasteiger partial charge in [0, 0.05) is 17.2 Å². The number of nitrogens with zero attached hydrogens (tertiary/aromatic N) is 2. The van der Waals surface area contributed by atoms with E-state index < -0.39 is 12.0 Å². The smallest absolute Gasteiger partial charge is 0.417 e. The van der Waals surface area contributed by atoms with Gasteiger partial charge in [-0.2, -0.15) is 0 Å². The molecule has 46 heavy (non-hydrogen) atoms. The van der Waals surface area contributed by atoms with E-state index in [0.29, 0.717) is 23.7 Å². The monoisotopic (exact) mass is 744 g/mol. The van der Waals surface area contributed by atoms with Gasteiger partial charge in [-0.15, -0.1) is 0 Å². The minimum Gasteiger partial charge on any atom is -1.00 e. The molecule has 0 radical (unpaired) electrons. The third-order valence-corrected chi connectivity index (χ3v) is 7.96. The van der Waals surface area contributed by atoms with Gasteiger partial charge in [0.05, 0.1) is 20.3 Å². The van der Waals surface area contributed by atoms with Crippen LogP contribution < -0.4 is 38.0 Å². The van der Waals surface area contributed by atoms with Gasteiger partial charge in [-0.05, 0) is 49.2 Å². The number of hydrogen-bond acceptors (Lipinski definition) is 5. The molecule has 0 bridgehead atoms. The molecule has 8 heteroatoms. The van der Waals surface area contributed by atoms with Gasteiger partial charge >= 0.3 is 6.09 Å². The summed E-state index contributed by atoms with van der Waals surface area (Å²) < 4.78 is 19.2. The molecular weight excluding hydrogens is 691 g/mol. The standard InChI is InChI=1S/C38H53N2O5.HI/c1-4-6-7-8-9-10-11-12-13-14-15-19-27-44-35-25-24-32(28-36(35)43-3)31-45-38(42)40(37(41)34-22-17-16-18-23-34)30-33-21-20-26-39(5-2)29-33;/h16-18,20-26,28-29H,4-15,19,27,30-31H2,1-3H3;1H/q+1;/p-1. The molecule has 1 heterocycles. The fraction of sp³-hybridized carbons (Fsp3) is 0.500. The Balaban J connectivity index is 0.00000736. The second-order valence-corrected chi connectivity index (χ2v) is 11.6. The van der Waals surface area contributed by atoms with E-state index >= 15 is 0 Å². The van der Waals surface area contributed by atoms with Gasteiger partial charge in [-0.25, -0.2) is 14.3 Å². The van der Waals surface area contributed by atoms with Crippen molar-refractivity contribution in [1.29, 1.82) is 0 Å². The number of benzene rings is 2. The summed E-state index contributed by atoms with van der Waals surface area (Å²) >= 11 is 0. The van der Waals surface area contributed by atoms with E-state index in [-0.39, 0.29) is 37.1 Å². The number of unbranched alkanes of at least 4 members (excludes halogenated alkanes) is 11. The summed E-state index contributed by atoms with van der Waals surface area (Å²) in [7, 11) is 1.60. The number of aryl methyl sites for hydroxylation is 1. The van der Waals surface area contributed by atoms with E-state index in [9.17, 15) is 9.59 Å². The maximum absolute atomic E-state index is 13.3. The van der Waals surface area contributed by atoms with Crippen LogP contribution in [0.2, 0.25) is 0 Å². The predicted molar refractivity (Wildman–Crippen MR) is 178 cm³/mol. The van der Waals surface area contributed by atoms with Crippen molar-refractivity contribution in [3.63, 3.8) is 0 Å². The summed E-state index contributed by atoms with van der Waals surface area (Å²) in [6.45, 7) is 5.82. The number of pyridine rings is 1. The molecule has 0 atom stereocenters. The molecule has 1 aromatic heterocycles. The first kappa shape index (κ1) is 39.0. The Morgan fingerprint density at radius 2 is 1.39 bits per heavy atom. The first-order valence-corrected chi connectivity index (χ1v) is 16.9. The quantitative estimate of drug-likeness (QED) is 0.0754. The highest BCUT2D eigenvalue weighted by atomic mass is 127. The molecule has 3 aromatic rings. The summed E-state index contributed by atoms with van der Waals surface area (Å²) in [5.41, 5.74) is 2.00. The normalized spacial score (nSPS) is 10.6. The van der Waals surface area contributed by atoms with E-state index in [2.05, 4.69) is 6.92 Å². The lowest BCUT2D eigenvalue weighted by Gasteiger charge is -2.20. The molecule has 0 aliphatic carbocycles. The van der Waals surface area contributed by atoms with Crippen LogP contribution >= 0.6 is 0 Å². The average molecular weight is 745 g/mol. The van der Waals surface area contributed by atoms with Gasteiger partial charge in [0.2, 0.25) is 0 Å². The number of imide groups is 1. The van der Waals surface area contributed by atoms with Gasteiger partial charge in [-0.1, -0.05) is 102 Å². The van der Waals surface area contributed by atoms with Gasteiger partial charge < -0.3 is 38.2 Å². The van der Waals surface area contributed by atoms with Crippen LogP contribution in [-0.2, 0) is 24.4 Å². The predicted octanol–water partition coefficient (Wildman–Crippen LogP) is 6.07. The van der Waals surface area contributed by atoms with E-state index in [1.54, 1.807) is 31.4 Å². The number of amides is 2. The second-order valence-electron chi connectivity index (χ2n) is 11.6. The number of ether oxygens (including phenoxy) is 3. The van der Waals surface area contributed by atoms with Gasteiger partial charge in [0.1, 0.15) is 13.2 Å². The van der Waals surface area contributed by atoms with Crippen molar-refractivity contribution in [1.82, 2.24) is 4.90 Å². The zero-order chi connectivity index (χ0) is 32.1. The molecule has 2 aromatic carbocycles. The van der Waals surface area contributed by atoms with Crippen molar-refractivity contribution < 1.29 is 52.3 Å². The lowest BCUT2D eigenvalue weighted by molar-refractivity contribution is -0.694. The molecule has 252 valence electrons. The summed E-state index contributed by atoms with van der Waals surface area (Å²) in [5, 5.41) is 0. The second kappa shape index (κ2) is 23.2. The molecule has 0 saturated carbocycles. The van der Waals surface area contributed by atoms with E-state index in [4.69, 9.17) is 14.2 Å². The van der Waals surface area contributed by atoms with Gasteiger partial charge in [-0.3, -0.25) is 4.79 Å². The number of rotatable bonds is 21. The minimum absolute atomic E-state index is 0. The molecule has 0 spiro atoms. The van der Waals surface area contributed by atoms with Crippen molar-refractivity contribution in [3.05, 3.63) is 89.7 Å². The summed E-state index contributed by atoms with van der Waals surface area (Å²) in [5.74, 6) is 0.851. The minimum atomic E-state index is -0.706. The fourth-order valence-electron chi connectivity index (χ4n) is 5.27. The van der Waals surface area contributed by atoms with Crippen LogP contribution in [0.5, 0.6) is 11.5 Å². The lowest BCUT2D eigenvalue weighted by atomic mass is 10.1. The van der Waals surface area contributed by atoms with Gasteiger partial charge in [0.25, 0.3) is 5.91 Å². The SMILES string of the molecule is CCCCCCCCCCCCCCOc1ccc(COC(=O)N(Cc2ccc[n+](CC)c2)C(=O)c2ccccc2)cc1OC.[I-]. The van der Waals surface area contributed by atoms with Crippen LogP contribution in [0.4, 0.5) is 4.79 Å². The Bertz CT molecular complexity index is 1290. The van der Waals surface area contributed by atoms with E-state index in [1.165, 1.54) is 64.2 Å². The molecule has 0 N–H and O–H groups in total. The first-order valence-electron chi connectivity index (χ1n) is 16.9. The van der Waals surface area contributed by atoms with Crippen LogP contribution in [0.1, 0.15) is 112 Å². The van der Waals surface area contributed by atoms with E-state index in [0.717, 1.165) is 35.4 Å². The molecule has 0 fully saturated rings. The number of carbonyl (C=O) groups excluding carboxylic acids is 2. The molecule has 0 aliphatic rings. The van der Waals surface area contributed by atoms with Crippen molar-refractivity contribution >= 4 is 12.0 Å².